The summed E-state index contributed by atoms with van der Waals surface area (Å²) in [6, 6.07) is 4.63. The normalized spacial score (nSPS) is 10.8. The number of esters is 1. The summed E-state index contributed by atoms with van der Waals surface area (Å²) in [7, 11) is 0. The van der Waals surface area contributed by atoms with E-state index in [4.69, 9.17) is 4.74 Å². The number of hydrogen-bond acceptors (Lipinski definition) is 3. The quantitative estimate of drug-likeness (QED) is 0.659. The Kier molecular flexibility index (Phi) is 5.36. The Hall–Kier alpha value is -2.25. The summed E-state index contributed by atoms with van der Waals surface area (Å²) < 4.78 is 40.2. The number of urea groups is 1. The number of halogens is 3. The first-order valence-electron chi connectivity index (χ1n) is 5.70. The Balaban J connectivity index is 2.50. The number of ether oxygens (including phenoxy) is 1. The molecule has 0 aliphatic carbocycles. The van der Waals surface area contributed by atoms with Gasteiger partial charge in [-0.15, -0.1) is 0 Å². The van der Waals surface area contributed by atoms with E-state index in [1.807, 2.05) is 5.32 Å². The van der Waals surface area contributed by atoms with Gasteiger partial charge in [0.15, 0.2) is 0 Å². The molecule has 1 rings (SSSR count). The summed E-state index contributed by atoms with van der Waals surface area (Å²) in [6.45, 7) is 1.83. The van der Waals surface area contributed by atoms with E-state index in [2.05, 4.69) is 0 Å². The second kappa shape index (κ2) is 6.78. The van der Waals surface area contributed by atoms with Crippen molar-refractivity contribution in [1.29, 1.82) is 0 Å². The lowest BCUT2D eigenvalue weighted by Crippen LogP contribution is -2.43. The number of nitrogens with one attached hydrogen (secondary N) is 2. The summed E-state index contributed by atoms with van der Waals surface area (Å²) in [5.41, 5.74) is 0.880. The third kappa shape index (κ3) is 5.59. The van der Waals surface area contributed by atoms with E-state index >= 15 is 0 Å². The van der Waals surface area contributed by atoms with Gasteiger partial charge in [-0.2, -0.15) is 13.2 Å². The van der Waals surface area contributed by atoms with Gasteiger partial charge in [-0.1, -0.05) is 12.1 Å². The van der Waals surface area contributed by atoms with Crippen LogP contribution in [0.15, 0.2) is 24.3 Å². The molecule has 0 atom stereocenters. The minimum absolute atomic E-state index is 0.0922. The molecule has 0 fully saturated rings. The van der Waals surface area contributed by atoms with E-state index in [9.17, 15) is 22.8 Å². The molecule has 0 unspecified atom stereocenters. The Morgan fingerprint density at radius 2 is 1.80 bits per heavy atom. The second-order valence-corrected chi connectivity index (χ2v) is 3.72. The lowest BCUT2D eigenvalue weighted by atomic mass is 10.1. The molecule has 0 heterocycles. The van der Waals surface area contributed by atoms with Crippen molar-refractivity contribution in [2.45, 2.75) is 19.8 Å². The number of alkyl halides is 3. The highest BCUT2D eigenvalue weighted by Gasteiger charge is 2.29. The Morgan fingerprint density at radius 1 is 1.20 bits per heavy atom. The Labute approximate surface area is 113 Å². The molecule has 0 spiro atoms. The molecule has 0 aliphatic rings. The molecule has 2 amide bonds. The van der Waals surface area contributed by atoms with Gasteiger partial charge in [-0.3, -0.25) is 0 Å². The van der Waals surface area contributed by atoms with Crippen LogP contribution in [-0.4, -0.2) is 24.9 Å². The van der Waals surface area contributed by atoms with Gasteiger partial charge in [0, 0.05) is 6.54 Å². The van der Waals surface area contributed by atoms with Crippen molar-refractivity contribution in [2.24, 2.45) is 0 Å². The number of carbonyl (C=O) groups excluding carboxylic acids is 2. The molecular formula is C12H13F3N2O3. The summed E-state index contributed by atoms with van der Waals surface area (Å²) in [4.78, 5) is 22.2. The monoisotopic (exact) mass is 290 g/mol. The summed E-state index contributed by atoms with van der Waals surface area (Å²) >= 11 is 0. The maximum absolute atomic E-state index is 11.8. The molecule has 0 aromatic heterocycles. The van der Waals surface area contributed by atoms with Gasteiger partial charge in [0.2, 0.25) is 0 Å². The molecule has 0 saturated carbocycles. The topological polar surface area (TPSA) is 67.4 Å². The number of hydrogen-bond donors (Lipinski definition) is 2. The van der Waals surface area contributed by atoms with Crippen LogP contribution >= 0.6 is 0 Å². The first-order chi connectivity index (χ1) is 9.31. The molecular weight excluding hydrogens is 277 g/mol. The molecule has 0 aliphatic heterocycles. The Morgan fingerprint density at radius 3 is 2.30 bits per heavy atom. The van der Waals surface area contributed by atoms with Crippen LogP contribution in [0.3, 0.4) is 0 Å². The minimum Gasteiger partial charge on any atom is -0.462 e. The maximum atomic E-state index is 11.8. The highest BCUT2D eigenvalue weighted by Crippen LogP contribution is 2.09. The van der Waals surface area contributed by atoms with Gasteiger partial charge >= 0.3 is 18.3 Å². The first-order valence-corrected chi connectivity index (χ1v) is 5.70. The molecule has 0 radical (unpaired) electrons. The predicted molar refractivity (Wildman–Crippen MR) is 63.8 cm³/mol. The number of benzene rings is 1. The van der Waals surface area contributed by atoms with E-state index in [0.717, 1.165) is 5.32 Å². The van der Waals surface area contributed by atoms with Crippen LogP contribution in [0, 0.1) is 0 Å². The second-order valence-electron chi connectivity index (χ2n) is 3.72. The van der Waals surface area contributed by atoms with Crippen molar-refractivity contribution in [3.63, 3.8) is 0 Å². The molecule has 8 heteroatoms. The average Bonchev–Trinajstić information content (AvgIpc) is 2.35. The lowest BCUT2D eigenvalue weighted by molar-refractivity contribution is -0.145. The average molecular weight is 290 g/mol. The molecule has 0 saturated heterocycles. The van der Waals surface area contributed by atoms with Crippen LogP contribution in [0.5, 0.6) is 0 Å². The summed E-state index contributed by atoms with van der Waals surface area (Å²) in [5, 5.41) is 2.85. The fourth-order valence-electron chi connectivity index (χ4n) is 1.33. The SMILES string of the molecule is CCOC(=O)c1ccc(CNC(=O)NC(F)(F)F)cc1. The van der Waals surface area contributed by atoms with Gasteiger partial charge in [-0.05, 0) is 24.6 Å². The van der Waals surface area contributed by atoms with Crippen LogP contribution in [0.4, 0.5) is 18.0 Å². The standard InChI is InChI=1S/C12H13F3N2O3/c1-2-20-10(18)9-5-3-8(4-6-9)7-16-11(19)17-12(13,14)15/h3-6H,2,7H2,1H3,(H2,16,17,19). The molecule has 2 N–H and O–H groups in total. The molecule has 0 bridgehead atoms. The predicted octanol–water partition coefficient (Wildman–Crippen LogP) is 2.18. The van der Waals surface area contributed by atoms with Gasteiger partial charge in [0.05, 0.1) is 12.2 Å². The van der Waals surface area contributed by atoms with Gasteiger partial charge in [0.1, 0.15) is 0 Å². The smallest absolute Gasteiger partial charge is 0.462 e. The summed E-state index contributed by atoms with van der Waals surface area (Å²) in [6.07, 6.45) is -4.77. The highest BCUT2D eigenvalue weighted by molar-refractivity contribution is 5.89. The van der Waals surface area contributed by atoms with Crippen molar-refractivity contribution in [3.8, 4) is 0 Å². The Bertz CT molecular complexity index is 472. The van der Waals surface area contributed by atoms with Gasteiger partial charge in [-0.25, -0.2) is 14.9 Å². The van der Waals surface area contributed by atoms with Crippen LogP contribution in [0.2, 0.25) is 0 Å². The van der Waals surface area contributed by atoms with E-state index in [1.54, 1.807) is 6.92 Å². The van der Waals surface area contributed by atoms with Crippen LogP contribution in [-0.2, 0) is 11.3 Å². The first kappa shape index (κ1) is 15.8. The highest BCUT2D eigenvalue weighted by atomic mass is 19.4. The van der Waals surface area contributed by atoms with Gasteiger partial charge < -0.3 is 10.1 Å². The van der Waals surface area contributed by atoms with E-state index in [0.29, 0.717) is 11.1 Å². The summed E-state index contributed by atoms with van der Waals surface area (Å²) in [5.74, 6) is -0.484. The lowest BCUT2D eigenvalue weighted by Gasteiger charge is -2.10. The zero-order valence-electron chi connectivity index (χ0n) is 10.6. The molecule has 110 valence electrons. The van der Waals surface area contributed by atoms with Crippen LogP contribution in [0.1, 0.15) is 22.8 Å². The molecule has 1 aromatic carbocycles. The van der Waals surface area contributed by atoms with Crippen molar-refractivity contribution in [1.82, 2.24) is 10.6 Å². The van der Waals surface area contributed by atoms with Crippen molar-refractivity contribution < 1.29 is 27.5 Å². The fourth-order valence-corrected chi connectivity index (χ4v) is 1.33. The van der Waals surface area contributed by atoms with E-state index in [1.165, 1.54) is 24.3 Å². The van der Waals surface area contributed by atoms with E-state index in [-0.39, 0.29) is 13.2 Å². The van der Waals surface area contributed by atoms with Crippen molar-refractivity contribution in [2.75, 3.05) is 6.61 Å². The number of rotatable bonds is 4. The largest absolute Gasteiger partial charge is 0.485 e. The molecule has 20 heavy (non-hydrogen) atoms. The van der Waals surface area contributed by atoms with E-state index < -0.39 is 18.3 Å². The maximum Gasteiger partial charge on any atom is 0.485 e. The minimum atomic E-state index is -4.77. The molecule has 5 nitrogen and oxygen atoms in total. The zero-order valence-corrected chi connectivity index (χ0v) is 10.6. The zero-order chi connectivity index (χ0) is 15.2. The number of carbonyl (C=O) groups is 2. The van der Waals surface area contributed by atoms with Crippen molar-refractivity contribution >= 4 is 12.0 Å². The van der Waals surface area contributed by atoms with Crippen LogP contribution in [0.25, 0.3) is 0 Å². The fraction of sp³-hybridized carbons (Fsp3) is 0.333. The third-order valence-corrected chi connectivity index (χ3v) is 2.17. The molecule has 1 aromatic rings. The van der Waals surface area contributed by atoms with Crippen LogP contribution < -0.4 is 10.6 Å². The number of amides is 2. The van der Waals surface area contributed by atoms with Crippen molar-refractivity contribution in [3.05, 3.63) is 35.4 Å². The third-order valence-electron chi connectivity index (χ3n) is 2.17. The van der Waals surface area contributed by atoms with Gasteiger partial charge in [0.25, 0.3) is 0 Å².